The van der Waals surface area contributed by atoms with Crippen LogP contribution in [0.5, 0.6) is 0 Å². The third kappa shape index (κ3) is 6.21. The summed E-state index contributed by atoms with van der Waals surface area (Å²) in [6, 6.07) is 6.39. The van der Waals surface area contributed by atoms with E-state index in [0.717, 1.165) is 37.0 Å². The van der Waals surface area contributed by atoms with Crippen molar-refractivity contribution < 1.29 is 23.9 Å². The Kier molecular flexibility index (Phi) is 7.77. The molecule has 2 amide bonds. The highest BCUT2D eigenvalue weighted by atomic mass is 16.5. The van der Waals surface area contributed by atoms with Crippen molar-refractivity contribution in [1.29, 1.82) is 5.41 Å². The highest BCUT2D eigenvalue weighted by Gasteiger charge is 2.51. The second-order valence-electron chi connectivity index (χ2n) is 10.6. The largest absolute Gasteiger partial charge is 0.462 e. The lowest BCUT2D eigenvalue weighted by Gasteiger charge is -2.56. The fourth-order valence-corrected chi connectivity index (χ4v) is 6.59. The topological polar surface area (TPSA) is 118 Å². The lowest BCUT2D eigenvalue weighted by atomic mass is 9.53. The first kappa shape index (κ1) is 25.2. The predicted octanol–water partition coefficient (Wildman–Crippen LogP) is 4.54. The molecule has 3 N–H and O–H groups in total. The lowest BCUT2D eigenvalue weighted by molar-refractivity contribution is -0.146. The number of carbonyl (C=O) groups is 3. The maximum atomic E-state index is 12.5. The van der Waals surface area contributed by atoms with E-state index in [1.807, 2.05) is 0 Å². The molecular weight excluding hydrogens is 446 g/mol. The van der Waals surface area contributed by atoms with Crippen molar-refractivity contribution in [1.82, 2.24) is 10.6 Å². The van der Waals surface area contributed by atoms with E-state index >= 15 is 0 Å². The molecule has 1 unspecified atom stereocenters. The lowest BCUT2D eigenvalue weighted by Crippen LogP contribution is -2.61. The summed E-state index contributed by atoms with van der Waals surface area (Å²) >= 11 is 0. The van der Waals surface area contributed by atoms with Crippen LogP contribution in [0.25, 0.3) is 0 Å². The molecule has 4 fully saturated rings. The second kappa shape index (κ2) is 10.8. The van der Waals surface area contributed by atoms with Crippen LogP contribution in [0, 0.1) is 23.2 Å². The van der Waals surface area contributed by atoms with Gasteiger partial charge in [0.15, 0.2) is 6.10 Å². The molecule has 8 heteroatoms. The number of hydrogen-bond donors (Lipinski definition) is 3. The molecule has 1 aromatic carbocycles. The first-order valence-corrected chi connectivity index (χ1v) is 12.8. The fourth-order valence-electron chi connectivity index (χ4n) is 6.59. The number of benzene rings is 1. The first-order valence-electron chi connectivity index (χ1n) is 12.8. The predicted molar refractivity (Wildman–Crippen MR) is 131 cm³/mol. The van der Waals surface area contributed by atoms with Gasteiger partial charge < -0.3 is 25.5 Å². The van der Waals surface area contributed by atoms with Gasteiger partial charge in [0, 0.05) is 18.5 Å². The molecule has 0 radical (unpaired) electrons. The standard InChI is InChI=1S/C27H37N3O5/c1-3-34-25(32)22-8-6-21(7-9-22)24(17(2)28)35-23(31)5-4-10-29-26(33)30-27-14-18-11-19(15-27)13-20(12-18)16-27/h6-9,18-20,24,28H,3-5,10-16H2,1-2H3,(H2,29,30,33). The molecule has 1 atom stereocenters. The zero-order valence-corrected chi connectivity index (χ0v) is 20.7. The minimum Gasteiger partial charge on any atom is -0.462 e. The molecule has 0 aromatic heterocycles. The van der Waals surface area contributed by atoms with E-state index in [0.29, 0.717) is 30.7 Å². The number of esters is 2. The van der Waals surface area contributed by atoms with Crippen LogP contribution in [0.3, 0.4) is 0 Å². The van der Waals surface area contributed by atoms with Gasteiger partial charge in [0.2, 0.25) is 0 Å². The monoisotopic (exact) mass is 483 g/mol. The number of hydrogen-bond acceptors (Lipinski definition) is 6. The highest BCUT2D eigenvalue weighted by molar-refractivity contribution is 5.90. The molecule has 0 saturated heterocycles. The third-order valence-electron chi connectivity index (χ3n) is 7.63. The molecule has 190 valence electrons. The molecular formula is C27H37N3O5. The summed E-state index contributed by atoms with van der Waals surface area (Å²) in [5.41, 5.74) is 1.18. The number of nitrogens with one attached hydrogen (secondary N) is 3. The number of urea groups is 1. The van der Waals surface area contributed by atoms with Gasteiger partial charge in [-0.15, -0.1) is 0 Å². The average molecular weight is 484 g/mol. The van der Waals surface area contributed by atoms with Gasteiger partial charge in [0.1, 0.15) is 0 Å². The molecule has 5 rings (SSSR count). The Morgan fingerprint density at radius 3 is 2.20 bits per heavy atom. The molecule has 0 spiro atoms. The summed E-state index contributed by atoms with van der Waals surface area (Å²) in [6.07, 6.45) is 7.08. The van der Waals surface area contributed by atoms with E-state index in [4.69, 9.17) is 14.9 Å². The number of rotatable bonds is 10. The van der Waals surface area contributed by atoms with Gasteiger partial charge in [0.05, 0.1) is 17.9 Å². The van der Waals surface area contributed by atoms with Crippen molar-refractivity contribution in [3.8, 4) is 0 Å². The van der Waals surface area contributed by atoms with E-state index in [1.54, 1.807) is 38.1 Å². The molecule has 4 aliphatic rings. The molecule has 0 aliphatic heterocycles. The van der Waals surface area contributed by atoms with Crippen LogP contribution in [0.1, 0.15) is 87.2 Å². The summed E-state index contributed by atoms with van der Waals surface area (Å²) in [5, 5.41) is 14.2. The van der Waals surface area contributed by atoms with Gasteiger partial charge >= 0.3 is 18.0 Å². The smallest absolute Gasteiger partial charge is 0.338 e. The van der Waals surface area contributed by atoms with Crippen molar-refractivity contribution in [3.05, 3.63) is 35.4 Å². The highest BCUT2D eigenvalue weighted by Crippen LogP contribution is 2.55. The van der Waals surface area contributed by atoms with Gasteiger partial charge in [-0.25, -0.2) is 9.59 Å². The summed E-state index contributed by atoms with van der Waals surface area (Å²) in [4.78, 5) is 36.8. The molecule has 4 aliphatic carbocycles. The Morgan fingerprint density at radius 1 is 1.06 bits per heavy atom. The Bertz CT molecular complexity index is 923. The molecule has 4 bridgehead atoms. The number of ether oxygens (including phenoxy) is 2. The minimum atomic E-state index is -0.814. The molecule has 8 nitrogen and oxygen atoms in total. The first-order chi connectivity index (χ1) is 16.8. The Hall–Kier alpha value is -2.90. The van der Waals surface area contributed by atoms with Crippen molar-refractivity contribution in [2.45, 2.75) is 76.9 Å². The SMILES string of the molecule is CCOC(=O)c1ccc(C(OC(=O)CCCNC(=O)NC23CC4CC(CC(C4)C2)C3)C(C)=N)cc1. The van der Waals surface area contributed by atoms with Gasteiger partial charge in [-0.1, -0.05) is 12.1 Å². The zero-order chi connectivity index (χ0) is 25.0. The van der Waals surface area contributed by atoms with Crippen molar-refractivity contribution in [2.75, 3.05) is 13.2 Å². The van der Waals surface area contributed by atoms with E-state index in [-0.39, 0.29) is 23.7 Å². The van der Waals surface area contributed by atoms with Crippen LogP contribution < -0.4 is 10.6 Å². The summed E-state index contributed by atoms with van der Waals surface area (Å²) < 4.78 is 10.5. The van der Waals surface area contributed by atoms with Crippen LogP contribution in [0.4, 0.5) is 4.79 Å². The number of carbonyl (C=O) groups excluding carboxylic acids is 3. The van der Waals surface area contributed by atoms with Gasteiger partial charge in [0.25, 0.3) is 0 Å². The molecule has 4 saturated carbocycles. The van der Waals surface area contributed by atoms with Gasteiger partial charge in [-0.05, 0) is 94.2 Å². The van der Waals surface area contributed by atoms with E-state index in [1.165, 1.54) is 19.3 Å². The minimum absolute atomic E-state index is 0.0324. The summed E-state index contributed by atoms with van der Waals surface area (Å²) in [6.45, 7) is 3.99. The van der Waals surface area contributed by atoms with E-state index < -0.39 is 18.0 Å². The maximum absolute atomic E-state index is 12.5. The summed E-state index contributed by atoms with van der Waals surface area (Å²) in [7, 11) is 0. The average Bonchev–Trinajstić information content (AvgIpc) is 2.79. The van der Waals surface area contributed by atoms with Gasteiger partial charge in [-0.2, -0.15) is 0 Å². The van der Waals surface area contributed by atoms with Crippen LogP contribution in [-0.4, -0.2) is 42.4 Å². The van der Waals surface area contributed by atoms with E-state index in [2.05, 4.69) is 10.6 Å². The Balaban J connectivity index is 1.20. The molecule has 1 aromatic rings. The van der Waals surface area contributed by atoms with Crippen LogP contribution in [0.15, 0.2) is 24.3 Å². The Labute approximate surface area is 207 Å². The maximum Gasteiger partial charge on any atom is 0.338 e. The quantitative estimate of drug-likeness (QED) is 0.257. The van der Waals surface area contributed by atoms with Crippen LogP contribution in [0.2, 0.25) is 0 Å². The van der Waals surface area contributed by atoms with Crippen molar-refractivity contribution >= 4 is 23.7 Å². The fraction of sp³-hybridized carbons (Fsp3) is 0.630. The molecule has 0 heterocycles. The Morgan fingerprint density at radius 2 is 1.66 bits per heavy atom. The third-order valence-corrected chi connectivity index (χ3v) is 7.63. The summed E-state index contributed by atoms with van der Waals surface area (Å²) in [5.74, 6) is 1.45. The van der Waals surface area contributed by atoms with Crippen LogP contribution >= 0.6 is 0 Å². The van der Waals surface area contributed by atoms with Crippen molar-refractivity contribution in [3.63, 3.8) is 0 Å². The molecule has 35 heavy (non-hydrogen) atoms. The van der Waals surface area contributed by atoms with Gasteiger partial charge in [-0.3, -0.25) is 4.79 Å². The normalized spacial score (nSPS) is 27.1. The number of amides is 2. The zero-order valence-electron chi connectivity index (χ0n) is 20.7. The second-order valence-corrected chi connectivity index (χ2v) is 10.6. The van der Waals surface area contributed by atoms with Crippen molar-refractivity contribution in [2.24, 2.45) is 17.8 Å². The van der Waals surface area contributed by atoms with Crippen LogP contribution in [-0.2, 0) is 14.3 Å². The van der Waals surface area contributed by atoms with E-state index in [9.17, 15) is 14.4 Å².